The maximum absolute atomic E-state index is 13.9. The molecule has 0 spiro atoms. The van der Waals surface area contributed by atoms with Gasteiger partial charge in [-0.1, -0.05) is 6.92 Å². The van der Waals surface area contributed by atoms with Gasteiger partial charge in [0.15, 0.2) is 0 Å². The molecule has 4 rings (SSSR count). The van der Waals surface area contributed by atoms with E-state index in [-0.39, 0.29) is 34.8 Å². The van der Waals surface area contributed by atoms with Crippen LogP contribution in [0, 0.1) is 11.8 Å². The van der Waals surface area contributed by atoms with E-state index in [0.29, 0.717) is 30.2 Å². The lowest BCUT2D eigenvalue weighted by molar-refractivity contribution is -0.124. The number of carbonyl (C=O) groups is 3. The summed E-state index contributed by atoms with van der Waals surface area (Å²) in [6.45, 7) is 2.24. The van der Waals surface area contributed by atoms with E-state index in [2.05, 4.69) is 6.92 Å². The third-order valence-corrected chi connectivity index (χ3v) is 9.35. The van der Waals surface area contributed by atoms with Crippen LogP contribution in [-0.4, -0.2) is 42.0 Å². The number of carboxylic acids is 1. The largest absolute Gasteiger partial charge is 0.477 e. The van der Waals surface area contributed by atoms with Crippen molar-refractivity contribution in [3.63, 3.8) is 0 Å². The van der Waals surface area contributed by atoms with Gasteiger partial charge in [0, 0.05) is 36.8 Å². The van der Waals surface area contributed by atoms with Gasteiger partial charge in [-0.2, -0.15) is 0 Å². The Labute approximate surface area is 200 Å². The minimum Gasteiger partial charge on any atom is -0.477 e. The molecule has 0 aliphatic heterocycles. The fourth-order valence-corrected chi connectivity index (χ4v) is 7.05. The monoisotopic (exact) mass is 475 g/mol. The Morgan fingerprint density at radius 1 is 1.00 bits per heavy atom. The lowest BCUT2D eigenvalue weighted by Gasteiger charge is -2.39. The van der Waals surface area contributed by atoms with E-state index in [9.17, 15) is 19.5 Å². The van der Waals surface area contributed by atoms with E-state index in [0.717, 1.165) is 69.1 Å². The number of carboxylic acid groups (broad SMARTS) is 1. The van der Waals surface area contributed by atoms with Crippen LogP contribution < -0.4 is 4.90 Å². The van der Waals surface area contributed by atoms with E-state index in [1.807, 2.05) is 11.0 Å². The van der Waals surface area contributed by atoms with Crippen molar-refractivity contribution in [3.05, 3.63) is 15.8 Å². The number of aromatic carboxylic acids is 1. The van der Waals surface area contributed by atoms with E-state index in [4.69, 9.17) is 4.74 Å². The third kappa shape index (κ3) is 5.51. The summed E-state index contributed by atoms with van der Waals surface area (Å²) in [7, 11) is 1.74. The fraction of sp³-hybridized carbons (Fsp3) is 0.731. The average Bonchev–Trinajstić information content (AvgIpc) is 3.26. The standard InChI is InChI=1S/C26H37NO5S/c1-16-3-5-18(6-4-16)25(29)27(19-9-13-21(32-2)14-10-19)22-15-23(33-24(22)26(30)31)17-7-11-20(28)12-8-17/h15-19,21H,3-14H2,1-2H3,(H,30,31). The van der Waals surface area contributed by atoms with Crippen molar-refractivity contribution in [2.45, 2.75) is 102 Å². The Kier molecular flexibility index (Phi) is 7.90. The number of amides is 1. The Hall–Kier alpha value is -1.73. The Balaban J connectivity index is 1.66. The molecule has 33 heavy (non-hydrogen) atoms. The number of anilines is 1. The topological polar surface area (TPSA) is 83.9 Å². The first kappa shape index (κ1) is 24.4. The highest BCUT2D eigenvalue weighted by Gasteiger charge is 2.38. The van der Waals surface area contributed by atoms with Crippen molar-refractivity contribution in [2.75, 3.05) is 12.0 Å². The van der Waals surface area contributed by atoms with Gasteiger partial charge in [0.05, 0.1) is 11.8 Å². The first-order valence-corrected chi connectivity index (χ1v) is 13.4. The van der Waals surface area contributed by atoms with Gasteiger partial charge >= 0.3 is 5.97 Å². The SMILES string of the molecule is COC1CCC(N(C(=O)C2CCC(C)CC2)c2cc(C3CCC(=O)CC3)sc2C(=O)O)CC1. The predicted molar refractivity (Wildman–Crippen MR) is 129 cm³/mol. The zero-order valence-corrected chi connectivity index (χ0v) is 20.7. The number of hydrogen-bond acceptors (Lipinski definition) is 5. The second-order valence-corrected chi connectivity index (χ2v) is 11.4. The van der Waals surface area contributed by atoms with Crippen LogP contribution in [0.2, 0.25) is 0 Å². The molecule has 3 fully saturated rings. The van der Waals surface area contributed by atoms with E-state index in [1.165, 1.54) is 11.3 Å². The van der Waals surface area contributed by atoms with Crippen LogP contribution in [0.1, 0.15) is 104 Å². The number of nitrogens with zero attached hydrogens (tertiary/aromatic N) is 1. The van der Waals surface area contributed by atoms with Crippen LogP contribution in [0.4, 0.5) is 5.69 Å². The molecule has 3 aliphatic rings. The average molecular weight is 476 g/mol. The zero-order chi connectivity index (χ0) is 23.5. The van der Waals surface area contributed by atoms with Gasteiger partial charge < -0.3 is 14.7 Å². The van der Waals surface area contributed by atoms with Crippen molar-refractivity contribution in [3.8, 4) is 0 Å². The predicted octanol–water partition coefficient (Wildman–Crippen LogP) is 5.79. The Bertz CT molecular complexity index is 854. The molecule has 7 heteroatoms. The van der Waals surface area contributed by atoms with Crippen LogP contribution in [0.25, 0.3) is 0 Å². The quantitative estimate of drug-likeness (QED) is 0.563. The van der Waals surface area contributed by atoms with Gasteiger partial charge in [0.25, 0.3) is 0 Å². The maximum atomic E-state index is 13.9. The molecule has 3 saturated carbocycles. The molecular formula is C26H37NO5S. The number of ketones is 1. The Morgan fingerprint density at radius 2 is 1.64 bits per heavy atom. The molecule has 182 valence electrons. The zero-order valence-electron chi connectivity index (χ0n) is 19.9. The van der Waals surface area contributed by atoms with Gasteiger partial charge in [0.2, 0.25) is 5.91 Å². The van der Waals surface area contributed by atoms with Crippen LogP contribution in [0.15, 0.2) is 6.07 Å². The van der Waals surface area contributed by atoms with E-state index in [1.54, 1.807) is 7.11 Å². The van der Waals surface area contributed by atoms with Gasteiger partial charge in [-0.15, -0.1) is 11.3 Å². The molecule has 1 N–H and O–H groups in total. The summed E-state index contributed by atoms with van der Waals surface area (Å²) in [6.07, 6.45) is 10.2. The molecule has 1 heterocycles. The summed E-state index contributed by atoms with van der Waals surface area (Å²) in [6, 6.07) is 1.98. The molecule has 0 unspecified atom stereocenters. The molecule has 0 bridgehead atoms. The molecule has 3 aliphatic carbocycles. The molecule has 1 aromatic rings. The summed E-state index contributed by atoms with van der Waals surface area (Å²) in [5.74, 6) is 0.257. The first-order chi connectivity index (χ1) is 15.9. The minimum absolute atomic E-state index is 0.0109. The number of thiophene rings is 1. The lowest BCUT2D eigenvalue weighted by Crippen LogP contribution is -2.47. The highest BCUT2D eigenvalue weighted by Crippen LogP contribution is 2.43. The molecule has 1 aromatic heterocycles. The number of hydrogen-bond donors (Lipinski definition) is 1. The second-order valence-electron chi connectivity index (χ2n) is 10.3. The maximum Gasteiger partial charge on any atom is 0.348 e. The highest BCUT2D eigenvalue weighted by molar-refractivity contribution is 7.14. The number of Topliss-reactive ketones (excluding diaryl/α,β-unsaturated/α-hetero) is 1. The van der Waals surface area contributed by atoms with Crippen molar-refractivity contribution >= 4 is 34.7 Å². The number of methoxy groups -OCH3 is 1. The third-order valence-electron chi connectivity index (χ3n) is 8.08. The van der Waals surface area contributed by atoms with Crippen molar-refractivity contribution in [2.24, 2.45) is 11.8 Å². The summed E-state index contributed by atoms with van der Waals surface area (Å²) in [5, 5.41) is 10.1. The van der Waals surface area contributed by atoms with Crippen LogP contribution in [-0.2, 0) is 14.3 Å². The summed E-state index contributed by atoms with van der Waals surface area (Å²) in [5.41, 5.74) is 0.587. The smallest absolute Gasteiger partial charge is 0.348 e. The van der Waals surface area contributed by atoms with E-state index < -0.39 is 5.97 Å². The molecule has 1 amide bonds. The van der Waals surface area contributed by atoms with Crippen LogP contribution in [0.3, 0.4) is 0 Å². The van der Waals surface area contributed by atoms with Gasteiger partial charge in [-0.3, -0.25) is 9.59 Å². The molecular weight excluding hydrogens is 438 g/mol. The molecule has 0 radical (unpaired) electrons. The van der Waals surface area contributed by atoms with Crippen LogP contribution in [0.5, 0.6) is 0 Å². The molecule has 0 aromatic carbocycles. The summed E-state index contributed by atoms with van der Waals surface area (Å²) >= 11 is 1.31. The molecule has 0 atom stereocenters. The van der Waals surface area contributed by atoms with Crippen LogP contribution >= 0.6 is 11.3 Å². The molecule has 6 nitrogen and oxygen atoms in total. The van der Waals surface area contributed by atoms with Crippen molar-refractivity contribution < 1.29 is 24.2 Å². The first-order valence-electron chi connectivity index (χ1n) is 12.6. The minimum atomic E-state index is -0.964. The van der Waals surface area contributed by atoms with Gasteiger partial charge in [0.1, 0.15) is 10.7 Å². The van der Waals surface area contributed by atoms with Crippen molar-refractivity contribution in [1.29, 1.82) is 0 Å². The second kappa shape index (κ2) is 10.7. The van der Waals surface area contributed by atoms with E-state index >= 15 is 0 Å². The highest BCUT2D eigenvalue weighted by atomic mass is 32.1. The molecule has 0 saturated heterocycles. The summed E-state index contributed by atoms with van der Waals surface area (Å²) < 4.78 is 5.54. The number of ether oxygens (including phenoxy) is 1. The van der Waals surface area contributed by atoms with Gasteiger partial charge in [-0.05, 0) is 82.1 Å². The van der Waals surface area contributed by atoms with Crippen molar-refractivity contribution in [1.82, 2.24) is 0 Å². The fourth-order valence-electron chi connectivity index (χ4n) is 5.90. The summed E-state index contributed by atoms with van der Waals surface area (Å²) in [4.78, 5) is 41.1. The number of rotatable bonds is 6. The lowest BCUT2D eigenvalue weighted by atomic mass is 9.81. The Morgan fingerprint density at radius 3 is 2.21 bits per heavy atom. The normalized spacial score (nSPS) is 29.1. The number of carbonyl (C=O) groups excluding carboxylic acids is 2. The van der Waals surface area contributed by atoms with Gasteiger partial charge in [-0.25, -0.2) is 4.79 Å².